The number of rotatable bonds is 13. The van der Waals surface area contributed by atoms with Crippen LogP contribution >= 0.6 is 0 Å². The second-order valence-corrected chi connectivity index (χ2v) is 7.05. The zero-order chi connectivity index (χ0) is 21.0. The summed E-state index contributed by atoms with van der Waals surface area (Å²) >= 11 is 0. The van der Waals surface area contributed by atoms with Gasteiger partial charge in [0.05, 0.1) is 0 Å². The van der Waals surface area contributed by atoms with Crippen molar-refractivity contribution >= 4 is 5.97 Å². The summed E-state index contributed by atoms with van der Waals surface area (Å²) in [5.41, 5.74) is 0.913. The Labute approximate surface area is 170 Å². The van der Waals surface area contributed by atoms with E-state index >= 15 is 0 Å². The van der Waals surface area contributed by atoms with Crippen LogP contribution < -0.4 is 0 Å². The highest BCUT2D eigenvalue weighted by Gasteiger charge is 1.96. The molecule has 4 heteroatoms. The summed E-state index contributed by atoms with van der Waals surface area (Å²) in [6.07, 6.45) is 22.6. The van der Waals surface area contributed by atoms with Crippen LogP contribution in [0.1, 0.15) is 83.6 Å². The van der Waals surface area contributed by atoms with E-state index in [9.17, 15) is 10.2 Å². The Morgan fingerprint density at radius 2 is 1.29 bits per heavy atom. The van der Waals surface area contributed by atoms with Gasteiger partial charge in [-0.3, -0.25) is 4.79 Å². The minimum atomic E-state index is -0.833. The molecule has 1 aromatic rings. The number of allylic oxidation sites excluding steroid dienone is 4. The normalized spacial score (nSPS) is 10.9. The van der Waals surface area contributed by atoms with Crippen molar-refractivity contribution in [2.24, 2.45) is 0 Å². The lowest BCUT2D eigenvalue weighted by atomic mass is 10.1. The Morgan fingerprint density at radius 3 is 1.82 bits per heavy atom. The van der Waals surface area contributed by atoms with Crippen molar-refractivity contribution in [3.63, 3.8) is 0 Å². The second-order valence-electron chi connectivity index (χ2n) is 7.05. The first-order valence-electron chi connectivity index (χ1n) is 10.5. The van der Waals surface area contributed by atoms with Crippen LogP contribution in [-0.2, 0) is 11.2 Å². The number of carboxylic acids is 1. The molecule has 28 heavy (non-hydrogen) atoms. The first-order valence-corrected chi connectivity index (χ1v) is 10.5. The molecule has 3 N–H and O–H groups in total. The van der Waals surface area contributed by atoms with E-state index in [1.165, 1.54) is 63.9 Å². The predicted octanol–water partition coefficient (Wildman–Crippen LogP) is 6.76. The van der Waals surface area contributed by atoms with Crippen LogP contribution in [-0.4, -0.2) is 21.3 Å². The fraction of sp³-hybridized carbons (Fsp3) is 0.542. The van der Waals surface area contributed by atoms with Crippen molar-refractivity contribution in [3.05, 3.63) is 48.1 Å². The largest absolute Gasteiger partial charge is 0.508 e. The maximum absolute atomic E-state index is 9.41. The molecular weight excluding hydrogens is 352 g/mol. The number of carbonyl (C=O) groups is 1. The number of phenolic OH excluding ortho intramolecular Hbond substituents is 2. The van der Waals surface area contributed by atoms with E-state index in [4.69, 9.17) is 9.90 Å². The van der Waals surface area contributed by atoms with Crippen molar-refractivity contribution in [1.29, 1.82) is 0 Å². The fourth-order valence-corrected chi connectivity index (χ4v) is 2.80. The van der Waals surface area contributed by atoms with Crippen LogP contribution in [0, 0.1) is 0 Å². The van der Waals surface area contributed by atoms with Crippen molar-refractivity contribution in [1.82, 2.24) is 0 Å². The average molecular weight is 391 g/mol. The molecule has 0 radical (unpaired) electrons. The molecule has 0 unspecified atom stereocenters. The van der Waals surface area contributed by atoms with Crippen LogP contribution in [0.4, 0.5) is 0 Å². The van der Waals surface area contributed by atoms with Gasteiger partial charge in [0.1, 0.15) is 11.5 Å². The fourth-order valence-electron chi connectivity index (χ4n) is 2.80. The highest BCUT2D eigenvalue weighted by atomic mass is 16.4. The summed E-state index contributed by atoms with van der Waals surface area (Å²) in [7, 11) is 0. The molecule has 158 valence electrons. The van der Waals surface area contributed by atoms with Gasteiger partial charge >= 0.3 is 0 Å². The van der Waals surface area contributed by atoms with E-state index in [-0.39, 0.29) is 11.5 Å². The van der Waals surface area contributed by atoms with E-state index in [0.29, 0.717) is 6.42 Å². The molecule has 0 aliphatic rings. The number of hydrogen-bond acceptors (Lipinski definition) is 3. The summed E-state index contributed by atoms with van der Waals surface area (Å²) < 4.78 is 0. The van der Waals surface area contributed by atoms with Gasteiger partial charge in [-0.05, 0) is 37.0 Å². The summed E-state index contributed by atoms with van der Waals surface area (Å²) in [6.45, 7) is 3.35. The van der Waals surface area contributed by atoms with Gasteiger partial charge in [-0.2, -0.15) is 0 Å². The Balaban J connectivity index is 0.00000165. The zero-order valence-corrected chi connectivity index (χ0v) is 17.6. The molecule has 0 amide bonds. The van der Waals surface area contributed by atoms with Crippen LogP contribution in [0.5, 0.6) is 11.5 Å². The quantitative estimate of drug-likeness (QED) is 0.257. The zero-order valence-electron chi connectivity index (χ0n) is 17.6. The van der Waals surface area contributed by atoms with Crippen LogP contribution in [0.25, 0.3) is 0 Å². The Hall–Kier alpha value is -2.23. The molecule has 0 bridgehead atoms. The van der Waals surface area contributed by atoms with Gasteiger partial charge in [0.2, 0.25) is 0 Å². The summed E-state index contributed by atoms with van der Waals surface area (Å²) in [6, 6.07) is 4.70. The Morgan fingerprint density at radius 1 is 0.821 bits per heavy atom. The molecule has 0 aliphatic carbocycles. The molecule has 0 heterocycles. The van der Waals surface area contributed by atoms with Gasteiger partial charge in [0.15, 0.2) is 0 Å². The number of aliphatic carboxylic acids is 1. The predicted molar refractivity (Wildman–Crippen MR) is 117 cm³/mol. The van der Waals surface area contributed by atoms with E-state index in [2.05, 4.69) is 19.1 Å². The van der Waals surface area contributed by atoms with E-state index in [1.54, 1.807) is 12.1 Å². The Kier molecular flexibility index (Phi) is 16.7. The van der Waals surface area contributed by atoms with Gasteiger partial charge in [-0.15, -0.1) is 0 Å². The number of phenols is 2. The lowest BCUT2D eigenvalue weighted by Crippen LogP contribution is -1.81. The van der Waals surface area contributed by atoms with Crippen molar-refractivity contribution < 1.29 is 20.1 Å². The van der Waals surface area contributed by atoms with E-state index in [0.717, 1.165) is 18.9 Å². The smallest absolute Gasteiger partial charge is 0.300 e. The van der Waals surface area contributed by atoms with Gasteiger partial charge in [0, 0.05) is 13.0 Å². The minimum Gasteiger partial charge on any atom is -0.508 e. The molecule has 0 atom stereocenters. The third kappa shape index (κ3) is 18.6. The van der Waals surface area contributed by atoms with Gasteiger partial charge in [-0.1, -0.05) is 82.6 Å². The highest BCUT2D eigenvalue weighted by molar-refractivity contribution is 5.62. The lowest BCUT2D eigenvalue weighted by Gasteiger charge is -2.00. The topological polar surface area (TPSA) is 77.8 Å². The maximum atomic E-state index is 9.41. The van der Waals surface area contributed by atoms with E-state index in [1.807, 2.05) is 12.2 Å². The highest BCUT2D eigenvalue weighted by Crippen LogP contribution is 2.20. The molecule has 1 aromatic carbocycles. The SMILES string of the molecule is CC(=O)O.CCCCCCCCCCCC=CC=CCc1cc(O)cc(O)c1. The molecule has 0 saturated carbocycles. The Bertz CT molecular complexity index is 552. The molecule has 0 aliphatic heterocycles. The number of aromatic hydroxyl groups is 2. The van der Waals surface area contributed by atoms with Gasteiger partial charge in [0.25, 0.3) is 5.97 Å². The minimum absolute atomic E-state index is 0.110. The maximum Gasteiger partial charge on any atom is 0.300 e. The van der Waals surface area contributed by atoms with Crippen LogP contribution in [0.2, 0.25) is 0 Å². The van der Waals surface area contributed by atoms with Crippen molar-refractivity contribution in [3.8, 4) is 11.5 Å². The molecule has 0 spiro atoms. The first kappa shape index (κ1) is 25.8. The van der Waals surface area contributed by atoms with Crippen LogP contribution in [0.3, 0.4) is 0 Å². The van der Waals surface area contributed by atoms with Crippen molar-refractivity contribution in [2.75, 3.05) is 0 Å². The summed E-state index contributed by atoms with van der Waals surface area (Å²) in [5.74, 6) is -0.612. The molecule has 0 saturated heterocycles. The third-order valence-corrected chi connectivity index (χ3v) is 4.17. The molecule has 4 nitrogen and oxygen atoms in total. The molecular formula is C24H38O4. The first-order chi connectivity index (χ1) is 13.5. The number of hydrogen-bond donors (Lipinski definition) is 3. The second kappa shape index (κ2) is 18.1. The molecule has 0 aromatic heterocycles. The number of carboxylic acid groups (broad SMARTS) is 1. The summed E-state index contributed by atoms with van der Waals surface area (Å²) in [5, 5.41) is 26.2. The summed E-state index contributed by atoms with van der Waals surface area (Å²) in [4.78, 5) is 9.00. The number of benzene rings is 1. The lowest BCUT2D eigenvalue weighted by molar-refractivity contribution is -0.134. The van der Waals surface area contributed by atoms with Gasteiger partial charge in [-0.25, -0.2) is 0 Å². The van der Waals surface area contributed by atoms with E-state index < -0.39 is 5.97 Å². The number of unbranched alkanes of at least 4 members (excludes halogenated alkanes) is 9. The standard InChI is InChI=1S/C22H34O2.C2H4O2/c1-2-3-4-5-6-7-8-9-10-11-12-13-14-15-16-20-17-21(23)19-22(24)18-20;1-2(3)4/h12-15,17-19,23-24H,2-11,16H2,1H3;1H3,(H,3,4). The average Bonchev–Trinajstić information content (AvgIpc) is 2.61. The third-order valence-electron chi connectivity index (χ3n) is 4.17. The molecule has 1 rings (SSSR count). The van der Waals surface area contributed by atoms with Gasteiger partial charge < -0.3 is 15.3 Å². The van der Waals surface area contributed by atoms with Crippen LogP contribution in [0.15, 0.2) is 42.5 Å². The molecule has 0 fully saturated rings. The van der Waals surface area contributed by atoms with Crippen molar-refractivity contribution in [2.45, 2.75) is 84.5 Å². The monoisotopic (exact) mass is 390 g/mol.